The van der Waals surface area contributed by atoms with Gasteiger partial charge in [0, 0.05) is 12.3 Å². The van der Waals surface area contributed by atoms with Crippen LogP contribution in [-0.4, -0.2) is 23.1 Å². The largest absolute Gasteiger partial charge is 0.481 e. The molecule has 202 valence electrons. The first-order valence-corrected chi connectivity index (χ1v) is 14.7. The number of hydrogen-bond donors (Lipinski definition) is 1. The molecule has 0 aromatic rings. The molecule has 0 amide bonds. The molecule has 0 radical (unpaired) electrons. The lowest BCUT2D eigenvalue weighted by Crippen LogP contribution is -2.67. The molecule has 0 bridgehead atoms. The SMILES string of the molecule is C=C(C)[C@@H]1CC[C@]2(C(=O)O)CC[C@]3(C)C(CCC4[C@@]5(C)CC[C@H](OC(C)=O)C(C)(C)C5CC[C@]43C)C12. The summed E-state index contributed by atoms with van der Waals surface area (Å²) in [6, 6.07) is 0. The maximum Gasteiger partial charge on any atom is 0.309 e. The third-order valence-corrected chi connectivity index (χ3v) is 13.7. The molecule has 0 aromatic carbocycles. The number of aliphatic carboxylic acids is 1. The van der Waals surface area contributed by atoms with Crippen molar-refractivity contribution in [2.45, 2.75) is 119 Å². The number of hydrogen-bond acceptors (Lipinski definition) is 3. The van der Waals surface area contributed by atoms with Gasteiger partial charge in [0.05, 0.1) is 5.41 Å². The van der Waals surface area contributed by atoms with Crippen LogP contribution in [0.3, 0.4) is 0 Å². The van der Waals surface area contributed by atoms with Crippen molar-refractivity contribution in [3.05, 3.63) is 12.2 Å². The van der Waals surface area contributed by atoms with E-state index in [1.54, 1.807) is 6.92 Å². The molecule has 4 unspecified atom stereocenters. The van der Waals surface area contributed by atoms with Crippen LogP contribution < -0.4 is 0 Å². The first-order chi connectivity index (χ1) is 16.6. The van der Waals surface area contributed by atoms with Crippen molar-refractivity contribution < 1.29 is 19.4 Å². The second-order valence-electron chi connectivity index (χ2n) is 15.1. The lowest BCUT2D eigenvalue weighted by Gasteiger charge is -2.72. The van der Waals surface area contributed by atoms with Gasteiger partial charge < -0.3 is 9.84 Å². The first kappa shape index (κ1) is 26.3. The fraction of sp³-hybridized carbons (Fsp3) is 0.875. The van der Waals surface area contributed by atoms with E-state index in [1.807, 2.05) is 0 Å². The van der Waals surface area contributed by atoms with E-state index in [2.05, 4.69) is 48.1 Å². The van der Waals surface area contributed by atoms with Crippen LogP contribution >= 0.6 is 0 Å². The lowest BCUT2D eigenvalue weighted by molar-refractivity contribution is -0.250. The summed E-state index contributed by atoms with van der Waals surface area (Å²) < 4.78 is 5.88. The van der Waals surface area contributed by atoms with E-state index < -0.39 is 11.4 Å². The van der Waals surface area contributed by atoms with Crippen LogP contribution in [0.1, 0.15) is 113 Å². The highest BCUT2D eigenvalue weighted by atomic mass is 16.5. The van der Waals surface area contributed by atoms with Crippen LogP contribution in [0.4, 0.5) is 0 Å². The van der Waals surface area contributed by atoms with E-state index in [4.69, 9.17) is 4.74 Å². The van der Waals surface area contributed by atoms with Gasteiger partial charge in [-0.1, -0.05) is 46.8 Å². The van der Waals surface area contributed by atoms with Crippen molar-refractivity contribution in [1.82, 2.24) is 0 Å². The second-order valence-corrected chi connectivity index (χ2v) is 15.1. The van der Waals surface area contributed by atoms with Gasteiger partial charge in [-0.05, 0) is 117 Å². The molecular formula is C32H50O4. The van der Waals surface area contributed by atoms with E-state index in [1.165, 1.54) is 24.8 Å². The Balaban J connectivity index is 1.52. The van der Waals surface area contributed by atoms with E-state index in [-0.39, 0.29) is 39.7 Å². The van der Waals surface area contributed by atoms with Crippen molar-refractivity contribution in [3.8, 4) is 0 Å². The van der Waals surface area contributed by atoms with Gasteiger partial charge in [-0.3, -0.25) is 9.59 Å². The Hall–Kier alpha value is -1.32. The molecule has 0 heterocycles. The van der Waals surface area contributed by atoms with Crippen molar-refractivity contribution in [1.29, 1.82) is 0 Å². The topological polar surface area (TPSA) is 63.6 Å². The second kappa shape index (κ2) is 8.09. The van der Waals surface area contributed by atoms with Crippen LogP contribution in [0.2, 0.25) is 0 Å². The van der Waals surface area contributed by atoms with E-state index >= 15 is 0 Å². The molecule has 0 saturated heterocycles. The Morgan fingerprint density at radius 1 is 0.806 bits per heavy atom. The summed E-state index contributed by atoms with van der Waals surface area (Å²) >= 11 is 0. The van der Waals surface area contributed by atoms with Crippen LogP contribution in [0.15, 0.2) is 12.2 Å². The minimum atomic E-state index is -0.553. The number of carboxylic acids is 1. The molecule has 10 atom stereocenters. The van der Waals surface area contributed by atoms with Gasteiger partial charge in [0.1, 0.15) is 6.10 Å². The Morgan fingerprint density at radius 2 is 1.50 bits per heavy atom. The number of rotatable bonds is 3. The Labute approximate surface area is 219 Å². The number of carbonyl (C=O) groups is 2. The fourth-order valence-electron chi connectivity index (χ4n) is 11.9. The van der Waals surface area contributed by atoms with Gasteiger partial charge in [-0.15, -0.1) is 0 Å². The molecule has 0 spiro atoms. The van der Waals surface area contributed by atoms with Crippen LogP contribution in [0, 0.1) is 56.7 Å². The van der Waals surface area contributed by atoms with Crippen molar-refractivity contribution >= 4 is 11.9 Å². The summed E-state index contributed by atoms with van der Waals surface area (Å²) in [7, 11) is 0. The van der Waals surface area contributed by atoms with E-state index in [9.17, 15) is 14.7 Å². The molecule has 4 nitrogen and oxygen atoms in total. The monoisotopic (exact) mass is 498 g/mol. The summed E-state index contributed by atoms with van der Waals surface area (Å²) in [4.78, 5) is 24.7. The Bertz CT molecular complexity index is 967. The average Bonchev–Trinajstić information content (AvgIpc) is 3.17. The number of carboxylic acid groups (broad SMARTS) is 1. The van der Waals surface area contributed by atoms with Crippen molar-refractivity contribution in [3.63, 3.8) is 0 Å². The van der Waals surface area contributed by atoms with E-state index in [0.717, 1.165) is 44.9 Å². The zero-order valence-electron chi connectivity index (χ0n) is 23.9. The quantitative estimate of drug-likeness (QED) is 0.320. The summed E-state index contributed by atoms with van der Waals surface area (Å²) in [5.74, 6) is 1.49. The third-order valence-electron chi connectivity index (χ3n) is 13.7. The molecule has 5 saturated carbocycles. The molecule has 5 rings (SSSR count). The Kier molecular flexibility index (Phi) is 5.91. The number of allylic oxidation sites excluding steroid dienone is 1. The zero-order chi connectivity index (χ0) is 26.5. The molecule has 5 aliphatic carbocycles. The van der Waals surface area contributed by atoms with Crippen LogP contribution in [0.25, 0.3) is 0 Å². The standard InChI is InChI=1S/C32H50O4/c1-19(2)21-11-16-32(27(34)35)18-17-30(7)22(26(21)32)9-10-24-29(6)14-13-25(36-20(3)33)28(4,5)23(29)12-15-31(24,30)8/h21-26H,1,9-18H2,2-8H3,(H,34,35)/t21-,22?,23?,24?,25-,26?,29-,30+,31+,32-/m0/s1. The molecule has 0 aromatic heterocycles. The lowest BCUT2D eigenvalue weighted by atomic mass is 9.32. The molecule has 5 aliphatic rings. The highest BCUT2D eigenvalue weighted by Gasteiger charge is 2.72. The minimum absolute atomic E-state index is 0.00466. The number of carbonyl (C=O) groups excluding carboxylic acids is 1. The number of ether oxygens (including phenoxy) is 1. The highest BCUT2D eigenvalue weighted by Crippen LogP contribution is 2.77. The van der Waals surface area contributed by atoms with Gasteiger partial charge in [0.15, 0.2) is 0 Å². The normalized spacial score (nSPS) is 51.2. The molecule has 0 aliphatic heterocycles. The van der Waals surface area contributed by atoms with Gasteiger partial charge in [-0.2, -0.15) is 0 Å². The average molecular weight is 499 g/mol. The van der Waals surface area contributed by atoms with Crippen molar-refractivity contribution in [2.24, 2.45) is 56.7 Å². The molecule has 36 heavy (non-hydrogen) atoms. The van der Waals surface area contributed by atoms with Gasteiger partial charge >= 0.3 is 11.9 Å². The summed E-state index contributed by atoms with van der Waals surface area (Å²) in [6.07, 6.45) is 10.5. The third kappa shape index (κ3) is 3.17. The minimum Gasteiger partial charge on any atom is -0.481 e. The van der Waals surface area contributed by atoms with E-state index in [0.29, 0.717) is 23.7 Å². The first-order valence-electron chi connectivity index (χ1n) is 14.7. The van der Waals surface area contributed by atoms with Gasteiger partial charge in [0.25, 0.3) is 0 Å². The maximum absolute atomic E-state index is 12.8. The van der Waals surface area contributed by atoms with Gasteiger partial charge in [0.2, 0.25) is 0 Å². The Morgan fingerprint density at radius 3 is 2.11 bits per heavy atom. The van der Waals surface area contributed by atoms with Gasteiger partial charge in [-0.25, -0.2) is 0 Å². The predicted octanol–water partition coefficient (Wildman–Crippen LogP) is 7.66. The van der Waals surface area contributed by atoms with Crippen LogP contribution in [-0.2, 0) is 14.3 Å². The summed E-state index contributed by atoms with van der Waals surface area (Å²) in [6.45, 7) is 20.4. The zero-order valence-corrected chi connectivity index (χ0v) is 23.9. The van der Waals surface area contributed by atoms with Crippen molar-refractivity contribution in [2.75, 3.05) is 0 Å². The summed E-state index contributed by atoms with van der Waals surface area (Å²) in [5, 5.41) is 10.5. The van der Waals surface area contributed by atoms with Crippen LogP contribution in [0.5, 0.6) is 0 Å². The molecule has 1 N–H and O–H groups in total. The molecule has 4 heteroatoms. The molecular weight excluding hydrogens is 448 g/mol. The summed E-state index contributed by atoms with van der Waals surface area (Å²) in [5.41, 5.74) is 1.20. The maximum atomic E-state index is 12.8. The smallest absolute Gasteiger partial charge is 0.309 e. The number of esters is 1. The predicted molar refractivity (Wildman–Crippen MR) is 142 cm³/mol. The number of fused-ring (bicyclic) bond motifs is 7. The highest BCUT2D eigenvalue weighted by molar-refractivity contribution is 5.76. The fourth-order valence-corrected chi connectivity index (χ4v) is 11.9. The molecule has 5 fully saturated rings.